The minimum absolute atomic E-state index is 0.204. The summed E-state index contributed by atoms with van der Waals surface area (Å²) in [5.74, 6) is 0.204. The van der Waals surface area contributed by atoms with Crippen molar-refractivity contribution in [2.75, 3.05) is 6.54 Å². The van der Waals surface area contributed by atoms with Crippen LogP contribution in [0.15, 0.2) is 42.7 Å². The van der Waals surface area contributed by atoms with Crippen molar-refractivity contribution in [2.24, 2.45) is 0 Å². The van der Waals surface area contributed by atoms with Gasteiger partial charge in [0.2, 0.25) is 5.91 Å². The monoisotopic (exact) mass is 405 g/mol. The summed E-state index contributed by atoms with van der Waals surface area (Å²) in [6, 6.07) is 10.4. The van der Waals surface area contributed by atoms with Gasteiger partial charge in [-0.15, -0.1) is 0 Å². The minimum atomic E-state index is 0.204. The Morgan fingerprint density at radius 1 is 0.833 bits per heavy atom. The number of amides is 1. The van der Waals surface area contributed by atoms with Crippen molar-refractivity contribution in [3.05, 3.63) is 48.3 Å². The summed E-state index contributed by atoms with van der Waals surface area (Å²) in [6.45, 7) is 3.01. The van der Waals surface area contributed by atoms with Crippen molar-refractivity contribution in [1.82, 2.24) is 15.3 Å². The van der Waals surface area contributed by atoms with Gasteiger partial charge in [0.15, 0.2) is 0 Å². The zero-order valence-corrected chi connectivity index (χ0v) is 18.3. The highest BCUT2D eigenvalue weighted by Gasteiger charge is 2.07. The summed E-state index contributed by atoms with van der Waals surface area (Å²) >= 11 is 0. The molecule has 0 radical (unpaired) electrons. The third-order valence-electron chi connectivity index (χ3n) is 5.78. The van der Waals surface area contributed by atoms with E-state index in [9.17, 15) is 4.79 Å². The van der Waals surface area contributed by atoms with Crippen LogP contribution in [0.5, 0.6) is 0 Å². The number of hydrogen-bond acceptors (Lipinski definition) is 3. The van der Waals surface area contributed by atoms with E-state index in [2.05, 4.69) is 46.5 Å². The number of hydrogen-bond donors (Lipinski definition) is 1. The molecule has 160 valence electrons. The number of nitrogens with one attached hydrogen (secondary N) is 1. The molecule has 0 aliphatic carbocycles. The van der Waals surface area contributed by atoms with E-state index in [-0.39, 0.29) is 5.91 Å². The predicted molar refractivity (Wildman–Crippen MR) is 126 cm³/mol. The zero-order chi connectivity index (χ0) is 21.0. The maximum atomic E-state index is 12.0. The van der Waals surface area contributed by atoms with E-state index < -0.39 is 0 Å². The smallest absolute Gasteiger partial charge is 0.219 e. The number of benzene rings is 1. The molecule has 3 aromatic rings. The Morgan fingerprint density at radius 3 is 2.50 bits per heavy atom. The zero-order valence-electron chi connectivity index (χ0n) is 18.3. The summed E-state index contributed by atoms with van der Waals surface area (Å²) < 4.78 is 0. The second-order valence-corrected chi connectivity index (χ2v) is 8.19. The second-order valence-electron chi connectivity index (χ2n) is 8.19. The lowest BCUT2D eigenvalue weighted by molar-refractivity contribution is -0.121. The first-order chi connectivity index (χ1) is 14.8. The molecule has 1 aromatic carbocycles. The molecule has 1 N–H and O–H groups in total. The van der Waals surface area contributed by atoms with Crippen molar-refractivity contribution in [1.29, 1.82) is 0 Å². The van der Waals surface area contributed by atoms with Gasteiger partial charge in [-0.3, -0.25) is 14.8 Å². The van der Waals surface area contributed by atoms with Crippen molar-refractivity contribution < 1.29 is 4.79 Å². The van der Waals surface area contributed by atoms with E-state index in [0.717, 1.165) is 48.6 Å². The molecule has 2 aromatic heterocycles. The maximum Gasteiger partial charge on any atom is 0.219 e. The molecule has 0 fully saturated rings. The molecule has 1 amide bonds. The van der Waals surface area contributed by atoms with Gasteiger partial charge >= 0.3 is 0 Å². The van der Waals surface area contributed by atoms with Crippen LogP contribution in [0.4, 0.5) is 0 Å². The molecule has 0 atom stereocenters. The topological polar surface area (TPSA) is 54.9 Å². The number of unbranched alkanes of at least 4 members (excludes halogenated alkanes) is 7. The second kappa shape index (κ2) is 12.3. The predicted octanol–water partition coefficient (Wildman–Crippen LogP) is 6.36. The highest BCUT2D eigenvalue weighted by atomic mass is 16.1. The van der Waals surface area contributed by atoms with Crippen LogP contribution in [-0.4, -0.2) is 22.4 Å². The fraction of sp³-hybridized carbons (Fsp3) is 0.500. The lowest BCUT2D eigenvalue weighted by Gasteiger charge is -2.09. The lowest BCUT2D eigenvalue weighted by atomic mass is 10.0. The Hall–Kier alpha value is -2.49. The standard InChI is InChI=1S/C26H35N3O/c1-2-3-4-5-6-7-8-14-24(30)27-18-10-9-12-21-17-20-29-26-23(21)16-15-22-13-11-19-28-25(22)26/h11,13,15-17,19-20H,2-10,12,14,18H2,1H3,(H,27,30). The fourth-order valence-corrected chi connectivity index (χ4v) is 4.03. The number of carbonyl (C=O) groups excluding carboxylic acids is 1. The van der Waals surface area contributed by atoms with Crippen LogP contribution in [-0.2, 0) is 11.2 Å². The number of rotatable bonds is 13. The van der Waals surface area contributed by atoms with Gasteiger partial charge in [-0.2, -0.15) is 0 Å². The van der Waals surface area contributed by atoms with E-state index in [0.29, 0.717) is 6.42 Å². The number of pyridine rings is 2. The highest BCUT2D eigenvalue weighted by Crippen LogP contribution is 2.25. The van der Waals surface area contributed by atoms with Crippen LogP contribution in [0.3, 0.4) is 0 Å². The number of aromatic nitrogens is 2. The van der Waals surface area contributed by atoms with Gasteiger partial charge in [-0.05, 0) is 43.4 Å². The molecule has 30 heavy (non-hydrogen) atoms. The average molecular weight is 406 g/mol. The van der Waals surface area contributed by atoms with E-state index in [4.69, 9.17) is 0 Å². The molecule has 3 rings (SSSR count). The van der Waals surface area contributed by atoms with Gasteiger partial charge < -0.3 is 5.32 Å². The summed E-state index contributed by atoms with van der Waals surface area (Å²) in [6.07, 6.45) is 16.1. The average Bonchev–Trinajstić information content (AvgIpc) is 2.78. The molecular weight excluding hydrogens is 370 g/mol. The van der Waals surface area contributed by atoms with Crippen LogP contribution in [0.25, 0.3) is 21.8 Å². The summed E-state index contributed by atoms with van der Waals surface area (Å²) in [5, 5.41) is 5.39. The number of fused-ring (bicyclic) bond motifs is 3. The minimum Gasteiger partial charge on any atom is -0.356 e. The van der Waals surface area contributed by atoms with Crippen molar-refractivity contribution in [2.45, 2.75) is 77.6 Å². The Morgan fingerprint density at radius 2 is 1.63 bits per heavy atom. The number of carbonyl (C=O) groups is 1. The quantitative estimate of drug-likeness (QED) is 0.266. The Balaban J connectivity index is 1.36. The fourth-order valence-electron chi connectivity index (χ4n) is 4.03. The molecule has 0 saturated carbocycles. The first kappa shape index (κ1) is 22.2. The first-order valence-electron chi connectivity index (χ1n) is 11.7. The molecule has 0 saturated heterocycles. The number of nitrogens with zero attached hydrogens (tertiary/aromatic N) is 2. The largest absolute Gasteiger partial charge is 0.356 e. The van der Waals surface area contributed by atoms with E-state index in [1.54, 1.807) is 0 Å². The van der Waals surface area contributed by atoms with Gasteiger partial charge in [0.25, 0.3) is 0 Å². The lowest BCUT2D eigenvalue weighted by Crippen LogP contribution is -2.24. The van der Waals surface area contributed by atoms with Crippen LogP contribution >= 0.6 is 0 Å². The molecule has 2 heterocycles. The van der Waals surface area contributed by atoms with E-state index in [1.165, 1.54) is 49.5 Å². The summed E-state index contributed by atoms with van der Waals surface area (Å²) in [5.41, 5.74) is 3.25. The molecular formula is C26H35N3O. The normalized spacial score (nSPS) is 11.2. The molecule has 0 bridgehead atoms. The highest BCUT2D eigenvalue weighted by molar-refractivity contribution is 6.03. The molecule has 0 aliphatic heterocycles. The van der Waals surface area contributed by atoms with E-state index >= 15 is 0 Å². The summed E-state index contributed by atoms with van der Waals surface area (Å²) in [4.78, 5) is 21.1. The maximum absolute atomic E-state index is 12.0. The molecule has 4 nitrogen and oxygen atoms in total. The Labute approximate surface area is 180 Å². The van der Waals surface area contributed by atoms with Crippen LogP contribution in [0.2, 0.25) is 0 Å². The molecule has 0 aliphatic rings. The SMILES string of the molecule is CCCCCCCCCC(=O)NCCCCc1ccnc2c1ccc1cccnc12. The van der Waals surface area contributed by atoms with Gasteiger partial charge in [-0.1, -0.05) is 63.6 Å². The first-order valence-corrected chi connectivity index (χ1v) is 11.7. The summed E-state index contributed by atoms with van der Waals surface area (Å²) in [7, 11) is 0. The van der Waals surface area contributed by atoms with Crippen molar-refractivity contribution in [3.63, 3.8) is 0 Å². The van der Waals surface area contributed by atoms with Crippen molar-refractivity contribution >= 4 is 27.7 Å². The third-order valence-corrected chi connectivity index (χ3v) is 5.78. The van der Waals surface area contributed by atoms with Crippen LogP contribution in [0, 0.1) is 0 Å². The van der Waals surface area contributed by atoms with E-state index in [1.807, 2.05) is 18.5 Å². The van der Waals surface area contributed by atoms with Gasteiger partial charge in [0.05, 0.1) is 11.0 Å². The van der Waals surface area contributed by atoms with Crippen LogP contribution < -0.4 is 5.32 Å². The van der Waals surface area contributed by atoms with Gasteiger partial charge in [0, 0.05) is 36.1 Å². The van der Waals surface area contributed by atoms with Crippen molar-refractivity contribution in [3.8, 4) is 0 Å². The Bertz CT molecular complexity index is 938. The third kappa shape index (κ3) is 6.51. The van der Waals surface area contributed by atoms with Gasteiger partial charge in [-0.25, -0.2) is 0 Å². The van der Waals surface area contributed by atoms with Gasteiger partial charge in [0.1, 0.15) is 0 Å². The molecule has 0 unspecified atom stereocenters. The molecule has 0 spiro atoms. The number of aryl methyl sites for hydroxylation is 1. The molecule has 4 heteroatoms. The van der Waals surface area contributed by atoms with Crippen LogP contribution in [0.1, 0.15) is 76.7 Å². The Kier molecular flexibility index (Phi) is 9.07.